The Labute approximate surface area is 206 Å². The zero-order valence-corrected chi connectivity index (χ0v) is 24.1. The second kappa shape index (κ2) is 28.9. The van der Waals surface area contributed by atoms with Crippen molar-refractivity contribution < 1.29 is 24.2 Å². The molecule has 0 amide bonds. The highest BCUT2D eigenvalue weighted by atomic mass is 16.5. The topological polar surface area (TPSA) is 76.1 Å². The molecule has 1 N–H and O–H groups in total. The quantitative estimate of drug-likeness (QED) is 0.215. The maximum atomic E-state index is 11.9. The second-order valence-corrected chi connectivity index (χ2v) is 8.76. The smallest absolute Gasteiger partial charge is 0.307 e. The van der Waals surface area contributed by atoms with E-state index in [1.54, 1.807) is 0 Å². The zero-order valence-electron chi connectivity index (χ0n) is 24.1. The Hall–Kier alpha value is -1.14. The van der Waals surface area contributed by atoms with Crippen molar-refractivity contribution in [1.29, 1.82) is 0 Å². The van der Waals surface area contributed by atoms with Crippen LogP contribution in [0.2, 0.25) is 0 Å². The van der Waals surface area contributed by atoms with Gasteiger partial charge in [-0.3, -0.25) is 9.59 Å². The summed E-state index contributed by atoms with van der Waals surface area (Å²) in [5.41, 5.74) is -0.0475. The summed E-state index contributed by atoms with van der Waals surface area (Å²) in [6.07, 6.45) is 3.97. The Balaban J connectivity index is -0.000000642. The Morgan fingerprint density at radius 3 is 1.70 bits per heavy atom. The molecule has 0 heterocycles. The highest BCUT2D eigenvalue weighted by Gasteiger charge is 2.16. The third-order valence-corrected chi connectivity index (χ3v) is 3.88. The van der Waals surface area contributed by atoms with Gasteiger partial charge in [-0.2, -0.15) is 0 Å². The van der Waals surface area contributed by atoms with Crippen LogP contribution in [0.25, 0.3) is 0 Å². The molecular formula is C27H59NO5. The van der Waals surface area contributed by atoms with E-state index in [9.17, 15) is 9.59 Å². The molecule has 0 aromatic carbocycles. The number of hydrogen-bond donors (Lipinski definition) is 1. The van der Waals surface area contributed by atoms with E-state index in [2.05, 4.69) is 18.7 Å². The lowest BCUT2D eigenvalue weighted by molar-refractivity contribution is -0.145. The average Bonchev–Trinajstić information content (AvgIpc) is 2.77. The van der Waals surface area contributed by atoms with E-state index in [0.717, 1.165) is 38.8 Å². The van der Waals surface area contributed by atoms with Crippen molar-refractivity contribution >= 4 is 11.9 Å². The molecular weight excluding hydrogens is 418 g/mol. The summed E-state index contributed by atoms with van der Waals surface area (Å²) >= 11 is 0. The van der Waals surface area contributed by atoms with Crippen LogP contribution in [-0.2, 0) is 19.1 Å². The molecule has 6 nitrogen and oxygen atoms in total. The first kappa shape index (κ1) is 39.1. The first-order valence-corrected chi connectivity index (χ1v) is 13.3. The van der Waals surface area contributed by atoms with Gasteiger partial charge in [-0.15, -0.1) is 0 Å². The molecule has 0 aromatic heterocycles. The van der Waals surface area contributed by atoms with Crippen molar-refractivity contribution in [2.24, 2.45) is 11.3 Å². The lowest BCUT2D eigenvalue weighted by atomic mass is 9.92. The van der Waals surface area contributed by atoms with Crippen LogP contribution in [0.3, 0.4) is 0 Å². The first-order chi connectivity index (χ1) is 15.6. The van der Waals surface area contributed by atoms with Crippen molar-refractivity contribution in [3.63, 3.8) is 0 Å². The van der Waals surface area contributed by atoms with Gasteiger partial charge in [0, 0.05) is 26.2 Å². The number of esters is 2. The van der Waals surface area contributed by atoms with Crippen LogP contribution < -0.4 is 0 Å². The second-order valence-electron chi connectivity index (χ2n) is 8.76. The summed E-state index contributed by atoms with van der Waals surface area (Å²) in [4.78, 5) is 25.6. The molecule has 0 atom stereocenters. The van der Waals surface area contributed by atoms with Crippen molar-refractivity contribution in [3.05, 3.63) is 0 Å². The summed E-state index contributed by atoms with van der Waals surface area (Å²) in [7, 11) is 0. The van der Waals surface area contributed by atoms with Crippen LogP contribution >= 0.6 is 0 Å². The van der Waals surface area contributed by atoms with E-state index in [-0.39, 0.29) is 24.0 Å². The van der Waals surface area contributed by atoms with Crippen LogP contribution in [0, 0.1) is 11.3 Å². The Kier molecular flexibility index (Phi) is 34.2. The number of rotatable bonds is 15. The summed E-state index contributed by atoms with van der Waals surface area (Å²) in [5.74, 6) is 0.197. The van der Waals surface area contributed by atoms with Gasteiger partial charge in [0.2, 0.25) is 0 Å². The minimum atomic E-state index is -0.177. The largest absolute Gasteiger partial charge is 0.466 e. The zero-order chi connectivity index (χ0) is 26.7. The van der Waals surface area contributed by atoms with E-state index in [4.69, 9.17) is 14.6 Å². The van der Waals surface area contributed by atoms with E-state index in [1.807, 2.05) is 62.3 Å². The normalized spacial score (nSPS) is 10.2. The maximum absolute atomic E-state index is 11.9. The molecule has 0 aliphatic heterocycles. The van der Waals surface area contributed by atoms with E-state index >= 15 is 0 Å². The van der Waals surface area contributed by atoms with Gasteiger partial charge in [0.25, 0.3) is 0 Å². The monoisotopic (exact) mass is 477 g/mol. The van der Waals surface area contributed by atoms with Gasteiger partial charge in [0.15, 0.2) is 0 Å². The molecule has 33 heavy (non-hydrogen) atoms. The molecule has 0 rings (SSSR count). The van der Waals surface area contributed by atoms with Crippen LogP contribution in [-0.4, -0.2) is 61.4 Å². The molecule has 0 aliphatic rings. The minimum Gasteiger partial charge on any atom is -0.466 e. The van der Waals surface area contributed by atoms with Gasteiger partial charge < -0.3 is 19.5 Å². The van der Waals surface area contributed by atoms with Gasteiger partial charge in [-0.1, -0.05) is 76.2 Å². The van der Waals surface area contributed by atoms with E-state index < -0.39 is 0 Å². The average molecular weight is 478 g/mol. The van der Waals surface area contributed by atoms with Crippen LogP contribution in [0.1, 0.15) is 115 Å². The molecule has 6 heteroatoms. The molecule has 0 saturated carbocycles. The number of carbonyl (C=O) groups excluding carboxylic acids is 2. The molecule has 0 radical (unpaired) electrons. The SMILES string of the molecule is CC.CC.CC.CC(C)CN(CCCO)CCC(=O)OCCCCCOC(=O)CC(C)(C)C. The molecule has 202 valence electrons. The number of carbonyl (C=O) groups is 2. The van der Waals surface area contributed by atoms with Crippen molar-refractivity contribution in [1.82, 2.24) is 4.90 Å². The number of nitrogens with zero attached hydrogens (tertiary/aromatic N) is 1. The Morgan fingerprint density at radius 1 is 0.788 bits per heavy atom. The van der Waals surface area contributed by atoms with Gasteiger partial charge in [-0.25, -0.2) is 0 Å². The Bertz CT molecular complexity index is 406. The fourth-order valence-corrected chi connectivity index (χ4v) is 2.66. The van der Waals surface area contributed by atoms with Crippen LogP contribution in [0.4, 0.5) is 0 Å². The fourth-order valence-electron chi connectivity index (χ4n) is 2.66. The van der Waals surface area contributed by atoms with Crippen molar-refractivity contribution in [2.75, 3.05) is 39.5 Å². The molecule has 0 spiro atoms. The van der Waals surface area contributed by atoms with Gasteiger partial charge in [0.05, 0.1) is 26.1 Å². The summed E-state index contributed by atoms with van der Waals surface area (Å²) in [6, 6.07) is 0. The van der Waals surface area contributed by atoms with Crippen LogP contribution in [0.15, 0.2) is 0 Å². The number of ether oxygens (including phenoxy) is 2. The van der Waals surface area contributed by atoms with Crippen LogP contribution in [0.5, 0.6) is 0 Å². The van der Waals surface area contributed by atoms with Gasteiger partial charge in [-0.05, 0) is 37.0 Å². The van der Waals surface area contributed by atoms with Crippen molar-refractivity contribution in [2.45, 2.75) is 115 Å². The number of unbranched alkanes of at least 4 members (excludes halogenated alkanes) is 2. The summed E-state index contributed by atoms with van der Waals surface area (Å²) in [6.45, 7) is 25.7. The van der Waals surface area contributed by atoms with Gasteiger partial charge >= 0.3 is 11.9 Å². The molecule has 0 fully saturated rings. The molecule has 0 bridgehead atoms. The van der Waals surface area contributed by atoms with E-state index in [1.165, 1.54) is 0 Å². The van der Waals surface area contributed by atoms with E-state index in [0.29, 0.717) is 38.5 Å². The predicted molar refractivity (Wildman–Crippen MR) is 141 cm³/mol. The predicted octanol–water partition coefficient (Wildman–Crippen LogP) is 6.49. The first-order valence-electron chi connectivity index (χ1n) is 13.3. The summed E-state index contributed by atoms with van der Waals surface area (Å²) < 4.78 is 10.5. The molecule has 0 aromatic rings. The van der Waals surface area contributed by atoms with Gasteiger partial charge in [0.1, 0.15) is 0 Å². The molecule has 0 unspecified atom stereocenters. The Morgan fingerprint density at radius 2 is 1.27 bits per heavy atom. The third-order valence-electron chi connectivity index (χ3n) is 3.88. The molecule has 0 aliphatic carbocycles. The number of aliphatic hydroxyl groups is 1. The fraction of sp³-hybridized carbons (Fsp3) is 0.926. The molecule has 0 saturated heterocycles. The third kappa shape index (κ3) is 35.6. The lowest BCUT2D eigenvalue weighted by Crippen LogP contribution is -2.31. The highest BCUT2D eigenvalue weighted by molar-refractivity contribution is 5.70. The van der Waals surface area contributed by atoms with Crippen molar-refractivity contribution in [3.8, 4) is 0 Å². The highest BCUT2D eigenvalue weighted by Crippen LogP contribution is 2.18. The minimum absolute atomic E-state index is 0.0475. The number of aliphatic hydroxyl groups excluding tert-OH is 1. The standard InChI is InChI=1S/C21H41NO5.3C2H6/c1-18(2)17-22(11-9-13-23)12-10-19(24)26-14-7-6-8-15-27-20(25)16-21(3,4)5;3*1-2/h18,23H,6-17H2,1-5H3;3*1-2H3. The maximum Gasteiger partial charge on any atom is 0.307 e. The number of hydrogen-bond acceptors (Lipinski definition) is 6. The lowest BCUT2D eigenvalue weighted by Gasteiger charge is -2.23. The summed E-state index contributed by atoms with van der Waals surface area (Å²) in [5, 5.41) is 8.97.